The summed E-state index contributed by atoms with van der Waals surface area (Å²) in [5.74, 6) is -3.98. The molecule has 4 aliphatic rings. The van der Waals surface area contributed by atoms with E-state index in [4.69, 9.17) is 5.73 Å². The minimum absolute atomic E-state index is 0.0862. The summed E-state index contributed by atoms with van der Waals surface area (Å²) in [5.41, 5.74) is 2.29. The second-order valence-electron chi connectivity index (χ2n) is 12.8. The fourth-order valence-electron chi connectivity index (χ4n) is 7.75. The molecule has 0 bridgehead atoms. The van der Waals surface area contributed by atoms with Gasteiger partial charge in [-0.2, -0.15) is 0 Å². The molecular formula is C30H41N3O7. The first-order valence-corrected chi connectivity index (χ1v) is 14.0. The van der Waals surface area contributed by atoms with Crippen LogP contribution in [-0.2, 0) is 17.8 Å². The molecule has 5 rings (SSSR count). The molecule has 0 aromatic heterocycles. The predicted octanol–water partition coefficient (Wildman–Crippen LogP) is 1.78. The number of amides is 1. The largest absolute Gasteiger partial charge is 0.511 e. The molecule has 40 heavy (non-hydrogen) atoms. The number of benzene rings is 1. The number of hydrogen-bond donors (Lipinski definition) is 6. The maximum Gasteiger partial charge on any atom is 0.251 e. The lowest BCUT2D eigenvalue weighted by molar-refractivity contribution is -0.156. The van der Waals surface area contributed by atoms with Crippen molar-refractivity contribution in [3.63, 3.8) is 0 Å². The summed E-state index contributed by atoms with van der Waals surface area (Å²) in [6.45, 7) is 7.23. The number of phenols is 1. The predicted molar refractivity (Wildman–Crippen MR) is 148 cm³/mol. The van der Waals surface area contributed by atoms with Crippen LogP contribution >= 0.6 is 0 Å². The zero-order chi connectivity index (χ0) is 29.5. The van der Waals surface area contributed by atoms with E-state index < -0.39 is 63.8 Å². The van der Waals surface area contributed by atoms with Crippen LogP contribution in [0.25, 0.3) is 0 Å². The molecule has 0 saturated carbocycles. The van der Waals surface area contributed by atoms with E-state index in [1.807, 2.05) is 6.07 Å². The summed E-state index contributed by atoms with van der Waals surface area (Å²) in [7, 11) is 3.29. The smallest absolute Gasteiger partial charge is 0.251 e. The molecule has 1 amide bonds. The molecule has 1 heterocycles. The van der Waals surface area contributed by atoms with Crippen molar-refractivity contribution in [2.75, 3.05) is 27.2 Å². The van der Waals surface area contributed by atoms with Gasteiger partial charge in [0.15, 0.2) is 5.78 Å². The van der Waals surface area contributed by atoms with E-state index in [0.717, 1.165) is 25.9 Å². The molecule has 1 aliphatic heterocycles. The lowest BCUT2D eigenvalue weighted by Gasteiger charge is -2.59. The molecule has 0 radical (unpaired) electrons. The number of ketones is 1. The Hall–Kier alpha value is -2.92. The number of likely N-dealkylation sites (tertiary alicyclic amines) is 1. The minimum atomic E-state index is -2.22. The Morgan fingerprint density at radius 2 is 1.77 bits per heavy atom. The number of rotatable bonds is 4. The standard InChI is InChI=1S/C30H41N3O7/c1-14-8-10-33(11-9-14)13-16-7-6-15-12-17-19(25(36)18(15)23(16)34)27(38)29(2)20(24(17)35)22(32(4)5)26(37)21(28(31)39)30(29,3)40/h6-7,14,17,20,22,24,34-35,37-38,40H,8-13H2,1-5H3,(H2,31,39)/t17?,20?,22-,24-,29?,30?/m0/s1. The van der Waals surface area contributed by atoms with Crippen LogP contribution in [0, 0.1) is 23.2 Å². The summed E-state index contributed by atoms with van der Waals surface area (Å²) in [6.07, 6.45) is 1.00. The first-order chi connectivity index (χ1) is 18.6. The van der Waals surface area contributed by atoms with E-state index in [2.05, 4.69) is 11.8 Å². The number of Topliss-reactive ketones (excluding diaryl/α,β-unsaturated/α-hetero) is 1. The van der Waals surface area contributed by atoms with Gasteiger partial charge in [-0.05, 0) is 71.8 Å². The Balaban J connectivity index is 1.64. The second-order valence-corrected chi connectivity index (χ2v) is 12.8. The van der Waals surface area contributed by atoms with Crippen LogP contribution in [-0.4, -0.2) is 92.0 Å². The second kappa shape index (κ2) is 9.58. The highest BCUT2D eigenvalue weighted by molar-refractivity contribution is 6.13. The van der Waals surface area contributed by atoms with Gasteiger partial charge in [0.2, 0.25) is 0 Å². The van der Waals surface area contributed by atoms with Crippen molar-refractivity contribution in [3.05, 3.63) is 51.5 Å². The number of aromatic hydroxyl groups is 1. The highest BCUT2D eigenvalue weighted by Crippen LogP contribution is 2.61. The first kappa shape index (κ1) is 28.6. The third-order valence-corrected chi connectivity index (χ3v) is 10.3. The lowest BCUT2D eigenvalue weighted by Crippen LogP contribution is -2.68. The SMILES string of the molecule is CC1CCN(Cc2ccc3c(c2O)C(=O)C2=C(O)C4(C)C([C@@H](O)C2C3)[C@H](N(C)C)C(O)=C(C(N)=O)C4(C)O)CC1. The zero-order valence-electron chi connectivity index (χ0n) is 23.8. The Labute approximate surface area is 234 Å². The molecule has 6 atom stereocenters. The number of fused-ring (bicyclic) bond motifs is 3. The van der Waals surface area contributed by atoms with E-state index in [0.29, 0.717) is 23.6 Å². The molecule has 10 heteroatoms. The van der Waals surface area contributed by atoms with Crippen LogP contribution in [0.1, 0.15) is 55.1 Å². The van der Waals surface area contributed by atoms with E-state index in [9.17, 15) is 35.1 Å². The number of nitrogens with two attached hydrogens (primary N) is 1. The van der Waals surface area contributed by atoms with Crippen LogP contribution in [0.5, 0.6) is 5.75 Å². The fraction of sp³-hybridized carbons (Fsp3) is 0.600. The van der Waals surface area contributed by atoms with Crippen molar-refractivity contribution in [2.24, 2.45) is 28.9 Å². The van der Waals surface area contributed by atoms with Gasteiger partial charge in [0, 0.05) is 29.5 Å². The van der Waals surface area contributed by atoms with E-state index >= 15 is 0 Å². The summed E-state index contributed by atoms with van der Waals surface area (Å²) in [6, 6.07) is 2.63. The summed E-state index contributed by atoms with van der Waals surface area (Å²) < 4.78 is 0. The van der Waals surface area contributed by atoms with Crippen molar-refractivity contribution in [3.8, 4) is 5.75 Å². The molecule has 10 nitrogen and oxygen atoms in total. The maximum atomic E-state index is 14.1. The average Bonchev–Trinajstić information content (AvgIpc) is 2.86. The fourth-order valence-corrected chi connectivity index (χ4v) is 7.75. The third kappa shape index (κ3) is 3.83. The van der Waals surface area contributed by atoms with E-state index in [-0.39, 0.29) is 23.3 Å². The van der Waals surface area contributed by atoms with Gasteiger partial charge in [0.05, 0.1) is 28.7 Å². The van der Waals surface area contributed by atoms with Gasteiger partial charge in [-0.25, -0.2) is 0 Å². The Morgan fingerprint density at radius 1 is 1.15 bits per heavy atom. The first-order valence-electron chi connectivity index (χ1n) is 14.0. The summed E-state index contributed by atoms with van der Waals surface area (Å²) in [5, 5.41) is 57.9. The highest BCUT2D eigenvalue weighted by atomic mass is 16.3. The highest BCUT2D eigenvalue weighted by Gasteiger charge is 2.68. The third-order valence-electron chi connectivity index (χ3n) is 10.3. The van der Waals surface area contributed by atoms with Crippen molar-refractivity contribution in [1.29, 1.82) is 0 Å². The number of aliphatic hydroxyl groups excluding tert-OH is 3. The summed E-state index contributed by atoms with van der Waals surface area (Å²) >= 11 is 0. The van der Waals surface area contributed by atoms with Gasteiger partial charge in [-0.3, -0.25) is 19.4 Å². The number of carbonyl (C=O) groups is 2. The topological polar surface area (TPSA) is 168 Å². The molecule has 1 aromatic rings. The van der Waals surface area contributed by atoms with Crippen molar-refractivity contribution < 1.29 is 35.1 Å². The number of primary amides is 1. The quantitative estimate of drug-likeness (QED) is 0.324. The molecule has 4 unspecified atom stereocenters. The molecule has 7 N–H and O–H groups in total. The van der Waals surface area contributed by atoms with Crippen LogP contribution in [0.2, 0.25) is 0 Å². The Kier molecular flexibility index (Phi) is 6.85. The number of piperidine rings is 1. The zero-order valence-corrected chi connectivity index (χ0v) is 23.8. The average molecular weight is 556 g/mol. The molecule has 218 valence electrons. The van der Waals surface area contributed by atoms with Crippen LogP contribution in [0.3, 0.4) is 0 Å². The van der Waals surface area contributed by atoms with Gasteiger partial charge < -0.3 is 31.3 Å². The number of nitrogens with zero attached hydrogens (tertiary/aromatic N) is 2. The monoisotopic (exact) mass is 555 g/mol. The number of likely N-dealkylation sites (N-methyl/N-ethyl adjacent to an activating group) is 1. The normalized spacial score (nSPS) is 35.0. The molecule has 1 aromatic carbocycles. The van der Waals surface area contributed by atoms with Gasteiger partial charge >= 0.3 is 0 Å². The van der Waals surface area contributed by atoms with Gasteiger partial charge in [-0.1, -0.05) is 19.1 Å². The molecule has 3 aliphatic carbocycles. The Morgan fingerprint density at radius 3 is 2.35 bits per heavy atom. The van der Waals surface area contributed by atoms with E-state index in [1.54, 1.807) is 25.1 Å². The maximum absolute atomic E-state index is 14.1. The van der Waals surface area contributed by atoms with Crippen LogP contribution in [0.4, 0.5) is 0 Å². The molecule has 0 spiro atoms. The van der Waals surface area contributed by atoms with Crippen molar-refractivity contribution >= 4 is 11.7 Å². The number of phenolic OH excluding ortho intramolecular Hbond substituents is 1. The minimum Gasteiger partial charge on any atom is -0.511 e. The Bertz CT molecular complexity index is 1320. The number of aliphatic hydroxyl groups is 4. The van der Waals surface area contributed by atoms with Gasteiger partial charge in [0.1, 0.15) is 22.9 Å². The van der Waals surface area contributed by atoms with E-state index in [1.165, 1.54) is 13.8 Å². The molecule has 1 saturated heterocycles. The van der Waals surface area contributed by atoms with Gasteiger partial charge in [0.25, 0.3) is 5.91 Å². The number of hydrogen-bond acceptors (Lipinski definition) is 9. The van der Waals surface area contributed by atoms with Crippen molar-refractivity contribution in [2.45, 2.75) is 64.3 Å². The summed E-state index contributed by atoms with van der Waals surface area (Å²) in [4.78, 5) is 30.4. The van der Waals surface area contributed by atoms with Crippen LogP contribution in [0.15, 0.2) is 34.8 Å². The van der Waals surface area contributed by atoms with Crippen molar-refractivity contribution in [1.82, 2.24) is 9.80 Å². The van der Waals surface area contributed by atoms with Gasteiger partial charge in [-0.15, -0.1) is 0 Å². The number of carbonyl (C=O) groups excluding carboxylic acids is 2. The molecule has 1 fully saturated rings. The van der Waals surface area contributed by atoms with Crippen LogP contribution < -0.4 is 5.73 Å². The lowest BCUT2D eigenvalue weighted by atomic mass is 9.48. The molecular weight excluding hydrogens is 514 g/mol.